The molecule has 6 atom stereocenters. The molecule has 2 fully saturated rings. The normalized spacial score (nSPS) is 28.1. The third-order valence-electron chi connectivity index (χ3n) is 7.12. The van der Waals surface area contributed by atoms with Gasteiger partial charge >= 0.3 is 0 Å². The topological polar surface area (TPSA) is 147 Å². The third-order valence-corrected chi connectivity index (χ3v) is 7.12. The maximum atomic E-state index is 13.0. The first-order chi connectivity index (χ1) is 18.5. The first kappa shape index (κ1) is 26.7. The molecule has 2 aliphatic rings. The van der Waals surface area contributed by atoms with Gasteiger partial charge in [-0.15, -0.1) is 0 Å². The second kappa shape index (κ2) is 11.8. The van der Waals surface area contributed by atoms with Gasteiger partial charge in [-0.05, 0) is 37.1 Å². The van der Waals surface area contributed by atoms with Crippen LogP contribution in [-0.4, -0.2) is 110 Å². The van der Waals surface area contributed by atoms with Gasteiger partial charge in [0.15, 0.2) is 23.2 Å². The molecule has 206 valence electrons. The Balaban J connectivity index is 1.18. The van der Waals surface area contributed by atoms with Crippen LogP contribution < -0.4 is 10.1 Å². The Morgan fingerprint density at radius 1 is 1.16 bits per heavy atom. The van der Waals surface area contributed by atoms with Crippen LogP contribution in [0.2, 0.25) is 0 Å². The predicted molar refractivity (Wildman–Crippen MR) is 134 cm³/mol. The number of likely N-dealkylation sites (tertiary alicyclic amines) is 1. The summed E-state index contributed by atoms with van der Waals surface area (Å²) in [5.74, 6) is 0.905. The van der Waals surface area contributed by atoms with Gasteiger partial charge in [-0.25, -0.2) is 19.3 Å². The molecule has 13 heteroatoms. The lowest BCUT2D eigenvalue weighted by atomic mass is 10.0. The number of benzene rings is 1. The van der Waals surface area contributed by atoms with E-state index in [2.05, 4.69) is 25.2 Å². The molecule has 0 unspecified atom stereocenters. The number of hydrogen-bond acceptors (Lipinski definition) is 11. The molecule has 0 aliphatic carbocycles. The first-order valence-electron chi connectivity index (χ1n) is 12.7. The number of nitrogens with zero attached hydrogens (tertiary/aromatic N) is 5. The standard InChI is InChI=1S/C25H33FN6O6/c1-36-18-11-31(8-2-10-37-16-5-3-15(26)4-6-16)9-7-17(18)30-23-20-24(28-13-27-23)32(14-29-20)25-22(35)21(34)19(12-33)38-25/h3-6,13-14,17-19,21-22,25,33-35H,2,7-12H2,1H3,(H,27,28,30)/t17-,18+,19+,21+,22+,25+/m0/s1. The summed E-state index contributed by atoms with van der Waals surface area (Å²) in [6.07, 6.45) is 0.163. The van der Waals surface area contributed by atoms with E-state index in [1.807, 2.05) is 0 Å². The molecule has 4 N–H and O–H groups in total. The molecule has 2 aromatic heterocycles. The van der Waals surface area contributed by atoms with E-state index in [9.17, 15) is 19.7 Å². The minimum atomic E-state index is -1.24. The van der Waals surface area contributed by atoms with E-state index in [0.717, 1.165) is 32.5 Å². The highest BCUT2D eigenvalue weighted by molar-refractivity contribution is 5.82. The van der Waals surface area contributed by atoms with Crippen molar-refractivity contribution in [3.8, 4) is 5.75 Å². The second-order valence-corrected chi connectivity index (χ2v) is 9.55. The van der Waals surface area contributed by atoms with Gasteiger partial charge in [-0.1, -0.05) is 0 Å². The van der Waals surface area contributed by atoms with Crippen LogP contribution in [0.3, 0.4) is 0 Å². The van der Waals surface area contributed by atoms with Gasteiger partial charge in [0.05, 0.1) is 31.7 Å². The summed E-state index contributed by atoms with van der Waals surface area (Å²) in [6.45, 7) is 2.57. The van der Waals surface area contributed by atoms with Crippen molar-refractivity contribution in [3.05, 3.63) is 42.7 Å². The fourth-order valence-corrected chi connectivity index (χ4v) is 5.03. The number of hydrogen-bond donors (Lipinski definition) is 4. The summed E-state index contributed by atoms with van der Waals surface area (Å²) >= 11 is 0. The van der Waals surface area contributed by atoms with Crippen LogP contribution in [0.25, 0.3) is 11.2 Å². The van der Waals surface area contributed by atoms with Crippen molar-refractivity contribution in [2.45, 2.75) is 49.5 Å². The number of aliphatic hydroxyl groups is 3. The monoisotopic (exact) mass is 532 g/mol. The van der Waals surface area contributed by atoms with Crippen LogP contribution in [0.4, 0.5) is 10.2 Å². The summed E-state index contributed by atoms with van der Waals surface area (Å²) in [5, 5.41) is 33.4. The first-order valence-corrected chi connectivity index (χ1v) is 12.7. The Hall–Kier alpha value is -2.94. The zero-order valence-electron chi connectivity index (χ0n) is 21.1. The molecule has 2 aliphatic heterocycles. The number of aliphatic hydroxyl groups excluding tert-OH is 3. The fourth-order valence-electron chi connectivity index (χ4n) is 5.03. The Morgan fingerprint density at radius 2 is 1.97 bits per heavy atom. The van der Waals surface area contributed by atoms with E-state index in [-0.39, 0.29) is 18.0 Å². The zero-order chi connectivity index (χ0) is 26.6. The number of aromatic nitrogens is 4. The van der Waals surface area contributed by atoms with Gasteiger partial charge in [-0.3, -0.25) is 4.57 Å². The lowest BCUT2D eigenvalue weighted by Gasteiger charge is -2.38. The third kappa shape index (κ3) is 5.58. The summed E-state index contributed by atoms with van der Waals surface area (Å²) in [7, 11) is 1.69. The number of nitrogens with one attached hydrogen (secondary N) is 1. The predicted octanol–water partition coefficient (Wildman–Crippen LogP) is 0.547. The van der Waals surface area contributed by atoms with Crippen molar-refractivity contribution in [2.24, 2.45) is 0 Å². The highest BCUT2D eigenvalue weighted by Crippen LogP contribution is 2.32. The van der Waals surface area contributed by atoms with Crippen LogP contribution in [0.5, 0.6) is 5.75 Å². The molecule has 0 radical (unpaired) electrons. The van der Waals surface area contributed by atoms with Crippen molar-refractivity contribution in [1.29, 1.82) is 0 Å². The molecule has 0 spiro atoms. The molecular formula is C25H33FN6O6. The molecule has 2 saturated heterocycles. The van der Waals surface area contributed by atoms with E-state index in [1.165, 1.54) is 29.4 Å². The minimum absolute atomic E-state index is 0.0103. The molecule has 4 heterocycles. The van der Waals surface area contributed by atoms with E-state index < -0.39 is 31.1 Å². The van der Waals surface area contributed by atoms with Gasteiger partial charge in [0.1, 0.15) is 36.2 Å². The summed E-state index contributed by atoms with van der Waals surface area (Å²) < 4.78 is 31.7. The lowest BCUT2D eigenvalue weighted by molar-refractivity contribution is -0.0511. The van der Waals surface area contributed by atoms with E-state index >= 15 is 0 Å². The molecule has 0 bridgehead atoms. The summed E-state index contributed by atoms with van der Waals surface area (Å²) in [6, 6.07) is 6.01. The second-order valence-electron chi connectivity index (χ2n) is 9.55. The number of ether oxygens (including phenoxy) is 3. The van der Waals surface area contributed by atoms with Gasteiger partial charge in [0.2, 0.25) is 0 Å². The van der Waals surface area contributed by atoms with Crippen LogP contribution in [0, 0.1) is 5.82 Å². The number of anilines is 1. The van der Waals surface area contributed by atoms with E-state index in [1.54, 1.807) is 19.2 Å². The van der Waals surface area contributed by atoms with Crippen LogP contribution in [-0.2, 0) is 9.47 Å². The number of halogens is 1. The molecule has 5 rings (SSSR count). The highest BCUT2D eigenvalue weighted by Gasteiger charge is 2.44. The highest BCUT2D eigenvalue weighted by atomic mass is 19.1. The fraction of sp³-hybridized carbons (Fsp3) is 0.560. The Labute approximate surface area is 219 Å². The molecule has 12 nitrogen and oxygen atoms in total. The van der Waals surface area contributed by atoms with Crippen LogP contribution >= 0.6 is 0 Å². The molecule has 0 saturated carbocycles. The van der Waals surface area contributed by atoms with Crippen molar-refractivity contribution >= 4 is 17.0 Å². The quantitative estimate of drug-likeness (QED) is 0.271. The average molecular weight is 533 g/mol. The maximum Gasteiger partial charge on any atom is 0.167 e. The Kier molecular flexibility index (Phi) is 8.31. The Bertz CT molecular complexity index is 1200. The SMILES string of the molecule is CO[C@@H]1CN(CCCOc2ccc(F)cc2)CC[C@@H]1Nc1ncnc2c1ncn2[C@@H]1O[C@H](CO)[C@@H](O)[C@H]1O. The Morgan fingerprint density at radius 3 is 2.71 bits per heavy atom. The van der Waals surface area contributed by atoms with Gasteiger partial charge in [-0.2, -0.15) is 0 Å². The zero-order valence-corrected chi connectivity index (χ0v) is 21.1. The maximum absolute atomic E-state index is 13.0. The van der Waals surface area contributed by atoms with Crippen molar-refractivity contribution in [3.63, 3.8) is 0 Å². The average Bonchev–Trinajstić information content (AvgIpc) is 3.49. The molecular weight excluding hydrogens is 499 g/mol. The van der Waals surface area contributed by atoms with Crippen molar-refractivity contribution < 1.29 is 33.9 Å². The number of fused-ring (bicyclic) bond motifs is 1. The van der Waals surface area contributed by atoms with Crippen molar-refractivity contribution in [1.82, 2.24) is 24.4 Å². The van der Waals surface area contributed by atoms with Gasteiger partial charge in [0.25, 0.3) is 0 Å². The minimum Gasteiger partial charge on any atom is -0.494 e. The van der Waals surface area contributed by atoms with Crippen LogP contribution in [0.1, 0.15) is 19.1 Å². The number of methoxy groups -OCH3 is 1. The largest absolute Gasteiger partial charge is 0.494 e. The molecule has 38 heavy (non-hydrogen) atoms. The van der Waals surface area contributed by atoms with Crippen molar-refractivity contribution in [2.75, 3.05) is 45.3 Å². The van der Waals surface area contributed by atoms with Gasteiger partial charge in [0, 0.05) is 26.7 Å². The van der Waals surface area contributed by atoms with E-state index in [4.69, 9.17) is 14.2 Å². The van der Waals surface area contributed by atoms with Gasteiger partial charge < -0.3 is 39.7 Å². The number of rotatable bonds is 10. The smallest absolute Gasteiger partial charge is 0.167 e. The lowest BCUT2D eigenvalue weighted by Crippen LogP contribution is -2.51. The van der Waals surface area contributed by atoms with Crippen LogP contribution in [0.15, 0.2) is 36.9 Å². The molecule has 0 amide bonds. The number of piperidine rings is 1. The molecule has 3 aromatic rings. The summed E-state index contributed by atoms with van der Waals surface area (Å²) in [5.41, 5.74) is 0.936. The summed E-state index contributed by atoms with van der Waals surface area (Å²) in [4.78, 5) is 15.5. The molecule has 1 aromatic carbocycles. The number of imidazole rings is 1. The van der Waals surface area contributed by atoms with E-state index in [0.29, 0.717) is 29.3 Å².